The Morgan fingerprint density at radius 3 is 2.45 bits per heavy atom. The van der Waals surface area contributed by atoms with Crippen molar-refractivity contribution < 1.29 is 4.79 Å². The highest BCUT2D eigenvalue weighted by Gasteiger charge is 2.28. The Labute approximate surface area is 176 Å². The van der Waals surface area contributed by atoms with E-state index in [2.05, 4.69) is 40.5 Å². The molecule has 4 rings (SSSR count). The number of carbonyl (C=O) groups excluding carboxylic acids is 1. The first-order chi connectivity index (χ1) is 14.1. The van der Waals surface area contributed by atoms with Crippen LogP contribution in [-0.2, 0) is 10.5 Å². The summed E-state index contributed by atoms with van der Waals surface area (Å²) >= 11 is 1.67. The van der Waals surface area contributed by atoms with Gasteiger partial charge in [-0.1, -0.05) is 18.2 Å². The molecule has 2 atom stereocenters. The first-order valence-electron chi connectivity index (χ1n) is 10.3. The van der Waals surface area contributed by atoms with Gasteiger partial charge >= 0.3 is 0 Å². The van der Waals surface area contributed by atoms with Crippen LogP contribution in [0.15, 0.2) is 61.1 Å². The molecule has 0 saturated carbocycles. The predicted octanol–water partition coefficient (Wildman–Crippen LogP) is 4.69. The molecule has 3 heterocycles. The summed E-state index contributed by atoms with van der Waals surface area (Å²) < 4.78 is 4.05. The van der Waals surface area contributed by atoms with Crippen molar-refractivity contribution in [3.05, 3.63) is 66.6 Å². The third-order valence-corrected chi connectivity index (χ3v) is 6.60. The standard InChI is InChI=1S/C23H28N4OS/c1-18-9-8-10-19(2)26(18)22(28)17-29-16-20-15-24-27(21-11-4-3-5-12-21)23(20)25-13-6-7-14-25/h3-7,11-15,18-19H,8-10,16-17H2,1-2H3/t18-,19-/m0/s1. The van der Waals surface area contributed by atoms with Gasteiger partial charge in [0.2, 0.25) is 5.91 Å². The molecule has 0 spiro atoms. The molecule has 1 aromatic carbocycles. The number of rotatable bonds is 6. The predicted molar refractivity (Wildman–Crippen MR) is 119 cm³/mol. The molecule has 1 saturated heterocycles. The first kappa shape index (κ1) is 19.8. The van der Waals surface area contributed by atoms with Crippen molar-refractivity contribution in [1.29, 1.82) is 0 Å². The number of nitrogens with zero attached hydrogens (tertiary/aromatic N) is 4. The Balaban J connectivity index is 1.49. The summed E-state index contributed by atoms with van der Waals surface area (Å²) in [7, 11) is 0. The molecule has 0 N–H and O–H groups in total. The van der Waals surface area contributed by atoms with Crippen molar-refractivity contribution in [2.75, 3.05) is 5.75 Å². The molecule has 5 nitrogen and oxygen atoms in total. The van der Waals surface area contributed by atoms with Gasteiger partial charge in [0.15, 0.2) is 0 Å². The number of amides is 1. The molecule has 152 valence electrons. The van der Waals surface area contributed by atoms with E-state index in [0.29, 0.717) is 17.8 Å². The van der Waals surface area contributed by atoms with E-state index >= 15 is 0 Å². The molecule has 1 aliphatic heterocycles. The normalized spacial score (nSPS) is 19.4. The summed E-state index contributed by atoms with van der Waals surface area (Å²) in [5.74, 6) is 2.55. The van der Waals surface area contributed by atoms with Crippen LogP contribution in [0.1, 0.15) is 38.7 Å². The maximum atomic E-state index is 12.8. The highest BCUT2D eigenvalue weighted by atomic mass is 32.2. The Kier molecular flexibility index (Phi) is 6.09. The topological polar surface area (TPSA) is 43.1 Å². The number of piperidine rings is 1. The summed E-state index contributed by atoms with van der Waals surface area (Å²) in [6.07, 6.45) is 9.44. The lowest BCUT2D eigenvalue weighted by atomic mass is 9.98. The van der Waals surface area contributed by atoms with Gasteiger partial charge in [0, 0.05) is 35.8 Å². The fraction of sp³-hybridized carbons (Fsp3) is 0.391. The summed E-state index contributed by atoms with van der Waals surface area (Å²) in [5.41, 5.74) is 2.15. The average molecular weight is 409 g/mol. The van der Waals surface area contributed by atoms with Crippen molar-refractivity contribution in [3.63, 3.8) is 0 Å². The van der Waals surface area contributed by atoms with E-state index in [-0.39, 0.29) is 5.91 Å². The molecular weight excluding hydrogens is 380 g/mol. The molecule has 0 bridgehead atoms. The van der Waals surface area contributed by atoms with Crippen LogP contribution in [0.5, 0.6) is 0 Å². The maximum Gasteiger partial charge on any atom is 0.233 e. The summed E-state index contributed by atoms with van der Waals surface area (Å²) in [4.78, 5) is 14.9. The monoisotopic (exact) mass is 408 g/mol. The summed E-state index contributed by atoms with van der Waals surface area (Å²) in [6, 6.07) is 14.9. The van der Waals surface area contributed by atoms with Gasteiger partial charge in [0.25, 0.3) is 0 Å². The second-order valence-electron chi connectivity index (χ2n) is 7.75. The van der Waals surface area contributed by atoms with Crippen LogP contribution < -0.4 is 0 Å². The zero-order valence-electron chi connectivity index (χ0n) is 17.1. The minimum atomic E-state index is 0.257. The van der Waals surface area contributed by atoms with Crippen molar-refractivity contribution in [3.8, 4) is 11.5 Å². The molecule has 1 fully saturated rings. The third-order valence-electron chi connectivity index (χ3n) is 5.63. The number of benzene rings is 1. The zero-order valence-corrected chi connectivity index (χ0v) is 17.9. The lowest BCUT2D eigenvalue weighted by Crippen LogP contribution is -2.48. The minimum absolute atomic E-state index is 0.257. The number of hydrogen-bond acceptors (Lipinski definition) is 3. The van der Waals surface area contributed by atoms with Gasteiger partial charge in [0.1, 0.15) is 5.82 Å². The van der Waals surface area contributed by atoms with E-state index in [1.54, 1.807) is 11.8 Å². The van der Waals surface area contributed by atoms with Crippen LogP contribution in [0.3, 0.4) is 0 Å². The molecule has 6 heteroatoms. The van der Waals surface area contributed by atoms with Crippen LogP contribution in [-0.4, -0.2) is 43.0 Å². The van der Waals surface area contributed by atoms with E-state index in [1.165, 1.54) is 6.42 Å². The van der Waals surface area contributed by atoms with E-state index in [4.69, 9.17) is 0 Å². The Bertz CT molecular complexity index is 925. The zero-order chi connectivity index (χ0) is 20.2. The number of carbonyl (C=O) groups is 1. The van der Waals surface area contributed by atoms with Crippen LogP contribution >= 0.6 is 11.8 Å². The third kappa shape index (κ3) is 4.27. The Morgan fingerprint density at radius 2 is 1.76 bits per heavy atom. The maximum absolute atomic E-state index is 12.8. The SMILES string of the molecule is C[C@H]1CCC[C@H](C)N1C(=O)CSCc1cnn(-c2ccccc2)c1-n1cccc1. The number of para-hydroxylation sites is 1. The molecule has 1 amide bonds. The fourth-order valence-electron chi connectivity index (χ4n) is 4.22. The van der Waals surface area contributed by atoms with Crippen molar-refractivity contribution in [2.24, 2.45) is 0 Å². The van der Waals surface area contributed by atoms with Crippen LogP contribution in [0, 0.1) is 0 Å². The van der Waals surface area contributed by atoms with Crippen LogP contribution in [0.2, 0.25) is 0 Å². The fourth-order valence-corrected chi connectivity index (χ4v) is 5.07. The molecule has 3 aromatic rings. The van der Waals surface area contributed by atoms with E-state index in [1.807, 2.05) is 53.6 Å². The minimum Gasteiger partial charge on any atom is -0.337 e. The van der Waals surface area contributed by atoms with Gasteiger partial charge in [-0.25, -0.2) is 4.68 Å². The van der Waals surface area contributed by atoms with Gasteiger partial charge in [-0.3, -0.25) is 4.79 Å². The number of likely N-dealkylation sites (tertiary alicyclic amines) is 1. The van der Waals surface area contributed by atoms with Gasteiger partial charge in [-0.05, 0) is 57.4 Å². The highest BCUT2D eigenvalue weighted by molar-refractivity contribution is 7.99. The number of aromatic nitrogens is 3. The lowest BCUT2D eigenvalue weighted by molar-refractivity contribution is -0.134. The van der Waals surface area contributed by atoms with Crippen molar-refractivity contribution >= 4 is 17.7 Å². The number of thioether (sulfide) groups is 1. The molecular formula is C23H28N4OS. The van der Waals surface area contributed by atoms with Gasteiger partial charge in [-0.2, -0.15) is 5.10 Å². The largest absolute Gasteiger partial charge is 0.337 e. The Hall–Kier alpha value is -2.47. The average Bonchev–Trinajstić information content (AvgIpc) is 3.38. The summed E-state index contributed by atoms with van der Waals surface area (Å²) in [6.45, 7) is 4.35. The second-order valence-corrected chi connectivity index (χ2v) is 8.74. The molecule has 1 aliphatic rings. The van der Waals surface area contributed by atoms with Crippen LogP contribution in [0.25, 0.3) is 11.5 Å². The molecule has 29 heavy (non-hydrogen) atoms. The molecule has 0 aliphatic carbocycles. The first-order valence-corrected chi connectivity index (χ1v) is 11.4. The Morgan fingerprint density at radius 1 is 1.07 bits per heavy atom. The smallest absolute Gasteiger partial charge is 0.233 e. The second kappa shape index (κ2) is 8.91. The van der Waals surface area contributed by atoms with Gasteiger partial charge < -0.3 is 9.47 Å². The summed E-state index contributed by atoms with van der Waals surface area (Å²) in [5, 5.41) is 4.64. The molecule has 0 radical (unpaired) electrons. The molecule has 0 unspecified atom stereocenters. The van der Waals surface area contributed by atoms with Crippen molar-refractivity contribution in [1.82, 2.24) is 19.2 Å². The lowest BCUT2D eigenvalue weighted by Gasteiger charge is -2.39. The van der Waals surface area contributed by atoms with E-state index < -0.39 is 0 Å². The van der Waals surface area contributed by atoms with Crippen LogP contribution in [0.4, 0.5) is 0 Å². The highest BCUT2D eigenvalue weighted by Crippen LogP contribution is 2.26. The quantitative estimate of drug-likeness (QED) is 0.594. The molecule has 2 aromatic heterocycles. The van der Waals surface area contributed by atoms with Crippen molar-refractivity contribution in [2.45, 2.75) is 50.9 Å². The van der Waals surface area contributed by atoms with E-state index in [9.17, 15) is 4.79 Å². The van der Waals surface area contributed by atoms with Gasteiger partial charge in [-0.15, -0.1) is 11.8 Å². The number of hydrogen-bond donors (Lipinski definition) is 0. The van der Waals surface area contributed by atoms with E-state index in [0.717, 1.165) is 35.7 Å². The van der Waals surface area contributed by atoms with Gasteiger partial charge in [0.05, 0.1) is 17.6 Å².